The number of hydrogen-bond acceptors (Lipinski definition) is 3. The number of hydrogen-bond donors (Lipinski definition) is 1. The molecule has 1 aromatic heterocycles. The smallest absolute Gasteiger partial charge is 0.371 e. The first kappa shape index (κ1) is 15.7. The average molecular weight is 298 g/mol. The van der Waals surface area contributed by atoms with Crippen LogP contribution in [0.4, 0.5) is 13.2 Å². The predicted octanol–water partition coefficient (Wildman–Crippen LogP) is 2.95. The van der Waals surface area contributed by atoms with Crippen LogP contribution in [0.25, 0.3) is 10.9 Å². The van der Waals surface area contributed by atoms with Crippen molar-refractivity contribution in [3.8, 4) is 0 Å². The van der Waals surface area contributed by atoms with Crippen molar-refractivity contribution in [2.24, 2.45) is 0 Å². The molecule has 0 aliphatic carbocycles. The summed E-state index contributed by atoms with van der Waals surface area (Å²) in [7, 11) is 0. The molecule has 21 heavy (non-hydrogen) atoms. The second-order valence-corrected chi connectivity index (χ2v) is 4.66. The Morgan fingerprint density at radius 3 is 2.71 bits per heavy atom. The maximum absolute atomic E-state index is 11.8. The number of alkyl halides is 3. The molecular weight excluding hydrogens is 281 g/mol. The lowest BCUT2D eigenvalue weighted by atomic mass is 10.1. The second-order valence-electron chi connectivity index (χ2n) is 4.66. The van der Waals surface area contributed by atoms with Gasteiger partial charge in [-0.25, -0.2) is 0 Å². The lowest BCUT2D eigenvalue weighted by Gasteiger charge is -2.09. The molecule has 3 nitrogen and oxygen atoms in total. The zero-order chi connectivity index (χ0) is 15.1. The van der Waals surface area contributed by atoms with Crippen molar-refractivity contribution >= 4 is 10.9 Å². The van der Waals surface area contributed by atoms with Gasteiger partial charge >= 0.3 is 6.18 Å². The van der Waals surface area contributed by atoms with Gasteiger partial charge < -0.3 is 10.1 Å². The number of aromatic nitrogens is 1. The van der Waals surface area contributed by atoms with Crippen molar-refractivity contribution in [3.63, 3.8) is 0 Å². The predicted molar refractivity (Wildman–Crippen MR) is 75.2 cm³/mol. The van der Waals surface area contributed by atoms with Crippen molar-refractivity contribution < 1.29 is 17.9 Å². The monoisotopic (exact) mass is 298 g/mol. The van der Waals surface area contributed by atoms with Crippen molar-refractivity contribution in [1.82, 2.24) is 10.3 Å². The number of pyridine rings is 1. The summed E-state index contributed by atoms with van der Waals surface area (Å²) in [5, 5.41) is 4.15. The van der Waals surface area contributed by atoms with E-state index in [9.17, 15) is 13.2 Å². The van der Waals surface area contributed by atoms with Gasteiger partial charge in [0.2, 0.25) is 0 Å². The van der Waals surface area contributed by atoms with Gasteiger partial charge in [-0.1, -0.05) is 24.3 Å². The minimum Gasteiger partial charge on any atom is -0.371 e. The Bertz CT molecular complexity index is 567. The van der Waals surface area contributed by atoms with Crippen LogP contribution in [0.2, 0.25) is 0 Å². The number of ether oxygens (including phenoxy) is 1. The fourth-order valence-electron chi connectivity index (χ4n) is 2.05. The van der Waals surface area contributed by atoms with E-state index in [-0.39, 0.29) is 6.61 Å². The van der Waals surface area contributed by atoms with E-state index in [0.717, 1.165) is 22.9 Å². The van der Waals surface area contributed by atoms with E-state index in [1.807, 2.05) is 30.3 Å². The van der Waals surface area contributed by atoms with Crippen LogP contribution in [0.5, 0.6) is 0 Å². The van der Waals surface area contributed by atoms with Crippen LogP contribution in [-0.2, 0) is 11.2 Å². The highest BCUT2D eigenvalue weighted by atomic mass is 19.4. The first-order valence-electron chi connectivity index (χ1n) is 6.74. The fourth-order valence-corrected chi connectivity index (χ4v) is 2.05. The molecule has 1 N–H and O–H groups in total. The Morgan fingerprint density at radius 1 is 1.10 bits per heavy atom. The summed E-state index contributed by atoms with van der Waals surface area (Å²) in [5.41, 5.74) is 2.09. The number of halogens is 3. The SMILES string of the molecule is FC(F)(F)COCCNCCc1cccc2cccnc12. The first-order chi connectivity index (χ1) is 10.1. The minimum atomic E-state index is -4.26. The topological polar surface area (TPSA) is 34.1 Å². The Hall–Kier alpha value is -1.66. The third-order valence-electron chi connectivity index (χ3n) is 2.98. The van der Waals surface area contributed by atoms with E-state index in [2.05, 4.69) is 15.0 Å². The lowest BCUT2D eigenvalue weighted by molar-refractivity contribution is -0.173. The maximum atomic E-state index is 11.8. The van der Waals surface area contributed by atoms with Gasteiger partial charge in [-0.2, -0.15) is 13.2 Å². The van der Waals surface area contributed by atoms with E-state index in [1.54, 1.807) is 6.20 Å². The number of rotatable bonds is 7. The van der Waals surface area contributed by atoms with E-state index >= 15 is 0 Å². The first-order valence-corrected chi connectivity index (χ1v) is 6.74. The summed E-state index contributed by atoms with van der Waals surface area (Å²) < 4.78 is 40.1. The van der Waals surface area contributed by atoms with Crippen LogP contribution < -0.4 is 5.32 Å². The zero-order valence-corrected chi connectivity index (χ0v) is 11.5. The Morgan fingerprint density at radius 2 is 1.90 bits per heavy atom. The van der Waals surface area contributed by atoms with Gasteiger partial charge in [-0.3, -0.25) is 4.98 Å². The number of benzene rings is 1. The largest absolute Gasteiger partial charge is 0.411 e. The lowest BCUT2D eigenvalue weighted by Crippen LogP contribution is -2.25. The molecular formula is C15H17F3N2O. The summed E-state index contributed by atoms with van der Waals surface area (Å²) in [5.74, 6) is 0. The van der Waals surface area contributed by atoms with E-state index in [0.29, 0.717) is 13.1 Å². The quantitative estimate of drug-likeness (QED) is 0.798. The molecule has 6 heteroatoms. The molecule has 0 radical (unpaired) electrons. The van der Waals surface area contributed by atoms with Crippen LogP contribution in [0.1, 0.15) is 5.56 Å². The fraction of sp³-hybridized carbons (Fsp3) is 0.400. The third-order valence-corrected chi connectivity index (χ3v) is 2.98. The standard InChI is InChI=1S/C15H17F3N2O/c16-15(17,18)11-21-10-9-19-8-6-13-4-1-3-12-5-2-7-20-14(12)13/h1-5,7,19H,6,8-11H2. The average Bonchev–Trinajstić information content (AvgIpc) is 2.45. The highest BCUT2D eigenvalue weighted by Gasteiger charge is 2.27. The summed E-state index contributed by atoms with van der Waals surface area (Å²) >= 11 is 0. The minimum absolute atomic E-state index is 0.0489. The molecule has 0 amide bonds. The Kier molecular flexibility index (Phi) is 5.52. The molecule has 1 heterocycles. The molecule has 1 aromatic carbocycles. The highest BCUT2D eigenvalue weighted by Crippen LogP contribution is 2.16. The van der Waals surface area contributed by atoms with Crippen LogP contribution >= 0.6 is 0 Å². The molecule has 0 unspecified atom stereocenters. The molecule has 0 bridgehead atoms. The van der Waals surface area contributed by atoms with E-state index in [1.165, 1.54) is 0 Å². The second kappa shape index (κ2) is 7.38. The molecule has 0 saturated carbocycles. The van der Waals surface area contributed by atoms with Gasteiger partial charge in [-0.15, -0.1) is 0 Å². The van der Waals surface area contributed by atoms with E-state index < -0.39 is 12.8 Å². The van der Waals surface area contributed by atoms with Crippen LogP contribution in [-0.4, -0.2) is 37.5 Å². The number of fused-ring (bicyclic) bond motifs is 1. The molecule has 2 rings (SSSR count). The van der Waals surface area contributed by atoms with Crippen molar-refractivity contribution in [2.75, 3.05) is 26.3 Å². The molecule has 0 fully saturated rings. The van der Waals surface area contributed by atoms with E-state index in [4.69, 9.17) is 0 Å². The van der Waals surface area contributed by atoms with Crippen LogP contribution in [0, 0.1) is 0 Å². The van der Waals surface area contributed by atoms with Gasteiger partial charge in [0.15, 0.2) is 0 Å². The van der Waals surface area contributed by atoms with Gasteiger partial charge in [0.1, 0.15) is 6.61 Å². The summed E-state index contributed by atoms with van der Waals surface area (Å²) in [6.45, 7) is -0.0748. The summed E-state index contributed by atoms with van der Waals surface area (Å²) in [6.07, 6.45) is -1.73. The molecule has 0 atom stereocenters. The van der Waals surface area contributed by atoms with Crippen molar-refractivity contribution in [3.05, 3.63) is 42.1 Å². The summed E-state index contributed by atoms with van der Waals surface area (Å²) in [4.78, 5) is 4.36. The normalized spacial score (nSPS) is 12.0. The third kappa shape index (κ3) is 5.32. The van der Waals surface area contributed by atoms with Crippen molar-refractivity contribution in [1.29, 1.82) is 0 Å². The molecule has 0 aliphatic heterocycles. The Labute approximate surface area is 121 Å². The van der Waals surface area contributed by atoms with Crippen LogP contribution in [0.15, 0.2) is 36.5 Å². The molecule has 2 aromatic rings. The molecule has 0 spiro atoms. The van der Waals surface area contributed by atoms with Gasteiger partial charge in [-0.05, 0) is 24.6 Å². The highest BCUT2D eigenvalue weighted by molar-refractivity contribution is 5.81. The molecule has 0 aliphatic rings. The molecule has 114 valence electrons. The zero-order valence-electron chi connectivity index (χ0n) is 11.5. The number of nitrogens with one attached hydrogen (secondary N) is 1. The molecule has 0 saturated heterocycles. The van der Waals surface area contributed by atoms with Crippen molar-refractivity contribution in [2.45, 2.75) is 12.6 Å². The number of nitrogens with zero attached hydrogens (tertiary/aromatic N) is 1. The summed E-state index contributed by atoms with van der Waals surface area (Å²) in [6, 6.07) is 9.89. The number of para-hydroxylation sites is 1. The van der Waals surface area contributed by atoms with Gasteiger partial charge in [0, 0.05) is 18.1 Å². The maximum Gasteiger partial charge on any atom is 0.411 e. The van der Waals surface area contributed by atoms with Gasteiger partial charge in [0.05, 0.1) is 12.1 Å². The van der Waals surface area contributed by atoms with Crippen LogP contribution in [0.3, 0.4) is 0 Å². The Balaban J connectivity index is 1.71. The van der Waals surface area contributed by atoms with Gasteiger partial charge in [0.25, 0.3) is 0 Å².